The molecule has 0 aromatic heterocycles. The van der Waals surface area contributed by atoms with Crippen molar-refractivity contribution >= 4 is 11.8 Å². The van der Waals surface area contributed by atoms with E-state index in [1.54, 1.807) is 0 Å². The van der Waals surface area contributed by atoms with Crippen LogP contribution in [0.2, 0.25) is 0 Å². The lowest BCUT2D eigenvalue weighted by Gasteiger charge is -2.10. The highest BCUT2D eigenvalue weighted by Gasteiger charge is 2.57. The Morgan fingerprint density at radius 3 is 2.08 bits per heavy atom. The first-order valence-electron chi connectivity index (χ1n) is 3.96. The third-order valence-corrected chi connectivity index (χ3v) is 2.75. The topological polar surface area (TPSA) is 55.4 Å². The highest BCUT2D eigenvalue weighted by molar-refractivity contribution is 6.06. The first kappa shape index (κ1) is 6.37. The molecule has 0 aliphatic carbocycles. The van der Waals surface area contributed by atoms with Gasteiger partial charge < -0.3 is 4.74 Å². The molecule has 4 atom stereocenters. The van der Waals surface area contributed by atoms with Crippen LogP contribution in [0.1, 0.15) is 0 Å². The number of carbonyl (C=O) groups excluding carboxylic acids is 2. The van der Waals surface area contributed by atoms with Gasteiger partial charge in [-0.05, 0) is 0 Å². The van der Waals surface area contributed by atoms with Crippen LogP contribution >= 0.6 is 0 Å². The van der Waals surface area contributed by atoms with Crippen LogP contribution in [0.15, 0.2) is 12.2 Å². The van der Waals surface area contributed by atoms with Crippen LogP contribution in [0.25, 0.3) is 0 Å². The lowest BCUT2D eigenvalue weighted by molar-refractivity contribution is -0.128. The molecule has 62 valence electrons. The van der Waals surface area contributed by atoms with Gasteiger partial charge in [-0.2, -0.15) is 0 Å². The highest BCUT2D eigenvalue weighted by Crippen LogP contribution is 2.41. The maximum Gasteiger partial charge on any atom is 0.233 e. The molecule has 4 heteroatoms. The Morgan fingerprint density at radius 2 is 1.58 bits per heavy atom. The number of amides is 2. The van der Waals surface area contributed by atoms with E-state index in [0.717, 1.165) is 0 Å². The molecule has 1 N–H and O–H groups in total. The molecule has 0 radical (unpaired) electrons. The first-order chi connectivity index (χ1) is 5.77. The molecule has 0 saturated carbocycles. The van der Waals surface area contributed by atoms with Crippen molar-refractivity contribution in [1.29, 1.82) is 0 Å². The molecule has 0 aromatic carbocycles. The Hall–Kier alpha value is -1.16. The van der Waals surface area contributed by atoms with Gasteiger partial charge in [0.05, 0.1) is 24.0 Å². The van der Waals surface area contributed by atoms with Gasteiger partial charge in [0.2, 0.25) is 11.8 Å². The van der Waals surface area contributed by atoms with E-state index < -0.39 is 0 Å². The number of hydrogen-bond donors (Lipinski definition) is 1. The summed E-state index contributed by atoms with van der Waals surface area (Å²) in [6.07, 6.45) is 3.41. The summed E-state index contributed by atoms with van der Waals surface area (Å²) in [4.78, 5) is 22.4. The zero-order valence-electron chi connectivity index (χ0n) is 6.19. The molecule has 12 heavy (non-hydrogen) atoms. The minimum atomic E-state index is -0.257. The van der Waals surface area contributed by atoms with Gasteiger partial charge in [-0.1, -0.05) is 12.2 Å². The summed E-state index contributed by atoms with van der Waals surface area (Å²) in [5.41, 5.74) is 0. The number of hydrogen-bond acceptors (Lipinski definition) is 3. The van der Waals surface area contributed by atoms with Crippen LogP contribution in [0.5, 0.6) is 0 Å². The van der Waals surface area contributed by atoms with Crippen LogP contribution < -0.4 is 5.32 Å². The number of ether oxygens (including phenoxy) is 1. The third kappa shape index (κ3) is 0.536. The lowest BCUT2D eigenvalue weighted by atomic mass is 9.85. The maximum atomic E-state index is 11.2. The van der Waals surface area contributed by atoms with Gasteiger partial charge in [-0.15, -0.1) is 0 Å². The third-order valence-electron chi connectivity index (χ3n) is 2.75. The van der Waals surface area contributed by atoms with E-state index in [-0.39, 0.29) is 35.9 Å². The minimum absolute atomic E-state index is 0.161. The molecule has 3 aliphatic heterocycles. The molecule has 0 spiro atoms. The van der Waals surface area contributed by atoms with Crippen molar-refractivity contribution in [3.63, 3.8) is 0 Å². The summed E-state index contributed by atoms with van der Waals surface area (Å²) >= 11 is 0. The Labute approximate surface area is 68.6 Å². The van der Waals surface area contributed by atoms with E-state index in [0.29, 0.717) is 0 Å². The van der Waals surface area contributed by atoms with Gasteiger partial charge in [0.1, 0.15) is 0 Å². The molecule has 3 aliphatic rings. The second-order valence-electron chi connectivity index (χ2n) is 3.36. The summed E-state index contributed by atoms with van der Waals surface area (Å²) in [5, 5.41) is 2.32. The Bertz CT molecular complexity index is 281. The van der Waals surface area contributed by atoms with E-state index in [4.69, 9.17) is 4.74 Å². The molecule has 2 unspecified atom stereocenters. The van der Waals surface area contributed by atoms with Crippen LogP contribution in [0.4, 0.5) is 0 Å². The Morgan fingerprint density at radius 1 is 1.08 bits per heavy atom. The van der Waals surface area contributed by atoms with Gasteiger partial charge in [0.15, 0.2) is 0 Å². The maximum absolute atomic E-state index is 11.2. The van der Waals surface area contributed by atoms with Crippen molar-refractivity contribution in [3.05, 3.63) is 12.2 Å². The van der Waals surface area contributed by atoms with Gasteiger partial charge in [-0.25, -0.2) is 0 Å². The largest absolute Gasteiger partial charge is 0.365 e. The summed E-state index contributed by atoms with van der Waals surface area (Å²) in [6, 6.07) is 0. The van der Waals surface area contributed by atoms with Crippen molar-refractivity contribution in [1.82, 2.24) is 5.32 Å². The number of imide groups is 1. The van der Waals surface area contributed by atoms with Crippen LogP contribution in [-0.2, 0) is 14.3 Å². The molecular weight excluding hydrogens is 158 g/mol. The van der Waals surface area contributed by atoms with Crippen molar-refractivity contribution in [3.8, 4) is 0 Å². The molecule has 3 heterocycles. The van der Waals surface area contributed by atoms with Gasteiger partial charge >= 0.3 is 0 Å². The fourth-order valence-corrected chi connectivity index (χ4v) is 2.22. The van der Waals surface area contributed by atoms with Crippen molar-refractivity contribution in [2.75, 3.05) is 0 Å². The average Bonchev–Trinajstić information content (AvgIpc) is 2.64. The second kappa shape index (κ2) is 1.77. The number of rotatable bonds is 0. The fourth-order valence-electron chi connectivity index (χ4n) is 2.22. The quantitative estimate of drug-likeness (QED) is 0.378. The van der Waals surface area contributed by atoms with Gasteiger partial charge in [-0.3, -0.25) is 14.9 Å². The molecule has 2 fully saturated rings. The van der Waals surface area contributed by atoms with Crippen LogP contribution in [0, 0.1) is 11.8 Å². The van der Waals surface area contributed by atoms with E-state index in [9.17, 15) is 9.59 Å². The SMILES string of the molecule is O=C1NC(=O)C2C1[C@@H]1C=C[C@H]2O1. The fraction of sp³-hybridized carbons (Fsp3) is 0.500. The molecular formula is C8H7NO3. The predicted molar refractivity (Wildman–Crippen MR) is 37.9 cm³/mol. The summed E-state index contributed by atoms with van der Waals surface area (Å²) in [6.45, 7) is 0. The predicted octanol–water partition coefficient (Wildman–Crippen LogP) is -0.788. The van der Waals surface area contributed by atoms with Crippen molar-refractivity contribution in [2.24, 2.45) is 11.8 Å². The monoisotopic (exact) mass is 165 g/mol. The van der Waals surface area contributed by atoms with E-state index in [2.05, 4.69) is 5.32 Å². The van der Waals surface area contributed by atoms with Crippen molar-refractivity contribution < 1.29 is 14.3 Å². The van der Waals surface area contributed by atoms with E-state index >= 15 is 0 Å². The summed E-state index contributed by atoms with van der Waals surface area (Å²) in [5.74, 6) is -0.872. The van der Waals surface area contributed by atoms with Crippen LogP contribution in [0.3, 0.4) is 0 Å². The zero-order valence-corrected chi connectivity index (χ0v) is 6.19. The number of carbonyl (C=O) groups is 2. The molecule has 3 rings (SSSR count). The van der Waals surface area contributed by atoms with Crippen molar-refractivity contribution in [2.45, 2.75) is 12.2 Å². The Balaban J connectivity index is 2.08. The number of fused-ring (bicyclic) bond motifs is 5. The molecule has 0 aromatic rings. The average molecular weight is 165 g/mol. The molecule has 2 amide bonds. The Kier molecular flexibility index (Phi) is 0.939. The van der Waals surface area contributed by atoms with Crippen LogP contribution in [-0.4, -0.2) is 24.0 Å². The smallest absolute Gasteiger partial charge is 0.233 e. The standard InChI is InChI=1S/C8H7NO3/c10-7-5-3-1-2-4(12-3)6(5)8(11)9-7/h1-6H,(H,9,10,11)/t3-,4+,5?,6?. The van der Waals surface area contributed by atoms with Gasteiger partial charge in [0.25, 0.3) is 0 Å². The summed E-state index contributed by atoms with van der Waals surface area (Å²) < 4.78 is 5.39. The molecule has 4 nitrogen and oxygen atoms in total. The van der Waals surface area contributed by atoms with E-state index in [1.165, 1.54) is 0 Å². The zero-order chi connectivity index (χ0) is 8.29. The minimum Gasteiger partial charge on any atom is -0.365 e. The molecule has 2 saturated heterocycles. The lowest BCUT2D eigenvalue weighted by Crippen LogP contribution is -2.27. The van der Waals surface area contributed by atoms with Gasteiger partial charge in [0, 0.05) is 0 Å². The molecule has 2 bridgehead atoms. The second-order valence-corrected chi connectivity index (χ2v) is 3.36. The first-order valence-corrected chi connectivity index (χ1v) is 3.96. The highest BCUT2D eigenvalue weighted by atomic mass is 16.5. The van der Waals surface area contributed by atoms with E-state index in [1.807, 2.05) is 12.2 Å². The number of nitrogens with one attached hydrogen (secondary N) is 1. The summed E-state index contributed by atoms with van der Waals surface area (Å²) in [7, 11) is 0. The normalized spacial score (nSPS) is 48.3.